The van der Waals surface area contributed by atoms with Crippen LogP contribution in [0.4, 0.5) is 0 Å². The average molecular weight is 215 g/mol. The van der Waals surface area contributed by atoms with Gasteiger partial charge in [-0.3, -0.25) is 4.90 Å². The zero-order chi connectivity index (χ0) is 11.3. The van der Waals surface area contributed by atoms with Crippen LogP contribution in [0.5, 0.6) is 0 Å². The summed E-state index contributed by atoms with van der Waals surface area (Å²) in [6.07, 6.45) is 2.01. The normalized spacial score (nSPS) is 16.2. The lowest BCUT2D eigenvalue weighted by Crippen LogP contribution is -2.08. The van der Waals surface area contributed by atoms with Gasteiger partial charge >= 0.3 is 0 Å². The molecule has 3 nitrogen and oxygen atoms in total. The maximum atomic E-state index is 4.54. The van der Waals surface area contributed by atoms with Crippen LogP contribution in [-0.4, -0.2) is 21.6 Å². The third-order valence-corrected chi connectivity index (χ3v) is 3.39. The van der Waals surface area contributed by atoms with Crippen LogP contribution in [0.1, 0.15) is 36.6 Å². The highest BCUT2D eigenvalue weighted by Gasteiger charge is 2.20. The first-order valence-electron chi connectivity index (χ1n) is 5.83. The van der Waals surface area contributed by atoms with Gasteiger partial charge in [0.25, 0.3) is 0 Å². The lowest BCUT2D eigenvalue weighted by atomic mass is 10.1. The van der Waals surface area contributed by atoms with E-state index in [4.69, 9.17) is 0 Å². The molecule has 2 aromatic rings. The molecule has 0 spiro atoms. The van der Waals surface area contributed by atoms with E-state index in [0.717, 1.165) is 13.1 Å². The highest BCUT2D eigenvalue weighted by Crippen LogP contribution is 2.26. The predicted molar refractivity (Wildman–Crippen MR) is 64.5 cm³/mol. The summed E-state index contributed by atoms with van der Waals surface area (Å²) in [7, 11) is 2.15. The molecule has 0 radical (unpaired) electrons. The van der Waals surface area contributed by atoms with Crippen molar-refractivity contribution < 1.29 is 0 Å². The minimum absolute atomic E-state index is 0.537. The van der Waals surface area contributed by atoms with Gasteiger partial charge in [0.15, 0.2) is 0 Å². The molecule has 0 bridgehead atoms. The third-order valence-electron chi connectivity index (χ3n) is 3.39. The van der Waals surface area contributed by atoms with Crippen LogP contribution >= 0.6 is 0 Å². The van der Waals surface area contributed by atoms with Crippen LogP contribution in [0.15, 0.2) is 18.3 Å². The maximum absolute atomic E-state index is 4.54. The summed E-state index contributed by atoms with van der Waals surface area (Å²) >= 11 is 0. The van der Waals surface area contributed by atoms with Crippen molar-refractivity contribution in [2.45, 2.75) is 32.9 Å². The van der Waals surface area contributed by atoms with Gasteiger partial charge in [-0.2, -0.15) is 5.10 Å². The van der Waals surface area contributed by atoms with Gasteiger partial charge in [-0.25, -0.2) is 4.52 Å². The number of aromatic nitrogens is 2. The average Bonchev–Trinajstić information content (AvgIpc) is 2.77. The summed E-state index contributed by atoms with van der Waals surface area (Å²) in [6, 6.07) is 4.46. The van der Waals surface area contributed by atoms with E-state index in [2.05, 4.69) is 47.5 Å². The molecule has 0 fully saturated rings. The summed E-state index contributed by atoms with van der Waals surface area (Å²) in [5.74, 6) is 0.537. The van der Waals surface area contributed by atoms with Gasteiger partial charge in [-0.05, 0) is 24.6 Å². The molecule has 0 unspecified atom stereocenters. The smallest absolute Gasteiger partial charge is 0.0700 e. The molecule has 1 aliphatic heterocycles. The summed E-state index contributed by atoms with van der Waals surface area (Å²) in [4.78, 5) is 2.32. The van der Waals surface area contributed by atoms with Gasteiger partial charge in [0.1, 0.15) is 0 Å². The fourth-order valence-electron chi connectivity index (χ4n) is 2.52. The van der Waals surface area contributed by atoms with Gasteiger partial charge < -0.3 is 0 Å². The van der Waals surface area contributed by atoms with Crippen LogP contribution in [0.3, 0.4) is 0 Å². The van der Waals surface area contributed by atoms with E-state index in [-0.39, 0.29) is 0 Å². The Bertz CT molecular complexity index is 539. The Morgan fingerprint density at radius 2 is 2.06 bits per heavy atom. The topological polar surface area (TPSA) is 20.5 Å². The minimum Gasteiger partial charge on any atom is -0.296 e. The standard InChI is InChI=1S/C13H17N3/c1-9(2)11-6-14-16-12(11)5-4-10-7-15(3)8-13(10)16/h4-6,9H,7-8H2,1-3H3. The minimum atomic E-state index is 0.537. The molecule has 16 heavy (non-hydrogen) atoms. The molecule has 0 saturated heterocycles. The Morgan fingerprint density at radius 3 is 2.81 bits per heavy atom. The van der Waals surface area contributed by atoms with Crippen molar-refractivity contribution in [2.24, 2.45) is 0 Å². The van der Waals surface area contributed by atoms with Crippen molar-refractivity contribution in [3.63, 3.8) is 0 Å². The van der Waals surface area contributed by atoms with Crippen LogP contribution in [0.2, 0.25) is 0 Å². The maximum Gasteiger partial charge on any atom is 0.0700 e. The fraction of sp³-hybridized carbons (Fsp3) is 0.462. The third kappa shape index (κ3) is 1.28. The van der Waals surface area contributed by atoms with Crippen molar-refractivity contribution in [2.75, 3.05) is 7.05 Å². The highest BCUT2D eigenvalue weighted by molar-refractivity contribution is 5.57. The molecule has 2 aromatic heterocycles. The fourth-order valence-corrected chi connectivity index (χ4v) is 2.52. The van der Waals surface area contributed by atoms with Crippen LogP contribution in [0.25, 0.3) is 5.52 Å². The Balaban J connectivity index is 2.25. The molecule has 0 N–H and O–H groups in total. The lowest BCUT2D eigenvalue weighted by molar-refractivity contribution is 0.349. The number of pyridine rings is 1. The van der Waals surface area contributed by atoms with Crippen molar-refractivity contribution >= 4 is 5.52 Å². The second-order valence-corrected chi connectivity index (χ2v) is 5.03. The van der Waals surface area contributed by atoms with Gasteiger partial charge in [-0.1, -0.05) is 19.9 Å². The Hall–Kier alpha value is -1.35. The molecule has 3 rings (SSSR count). The van der Waals surface area contributed by atoms with Gasteiger partial charge in [-0.15, -0.1) is 0 Å². The molecule has 3 heterocycles. The van der Waals surface area contributed by atoms with E-state index in [0.29, 0.717) is 5.92 Å². The van der Waals surface area contributed by atoms with Crippen molar-refractivity contribution in [1.82, 2.24) is 14.5 Å². The largest absolute Gasteiger partial charge is 0.296 e. The zero-order valence-electron chi connectivity index (χ0n) is 10.1. The summed E-state index contributed by atoms with van der Waals surface area (Å²) < 4.78 is 2.12. The number of hydrogen-bond donors (Lipinski definition) is 0. The van der Waals surface area contributed by atoms with E-state index in [1.165, 1.54) is 22.3 Å². The van der Waals surface area contributed by atoms with Crippen molar-refractivity contribution in [3.05, 3.63) is 35.2 Å². The summed E-state index contributed by atoms with van der Waals surface area (Å²) in [5, 5.41) is 4.54. The van der Waals surface area contributed by atoms with E-state index in [9.17, 15) is 0 Å². The second kappa shape index (κ2) is 3.32. The van der Waals surface area contributed by atoms with Gasteiger partial charge in [0.05, 0.1) is 17.4 Å². The van der Waals surface area contributed by atoms with E-state index in [1.54, 1.807) is 0 Å². The van der Waals surface area contributed by atoms with Crippen LogP contribution in [0, 0.1) is 0 Å². The van der Waals surface area contributed by atoms with Gasteiger partial charge in [0, 0.05) is 18.7 Å². The predicted octanol–water partition coefficient (Wildman–Crippen LogP) is 2.40. The first-order chi connectivity index (χ1) is 7.66. The Kier molecular flexibility index (Phi) is 2.04. The number of rotatable bonds is 1. The van der Waals surface area contributed by atoms with Crippen molar-refractivity contribution in [1.29, 1.82) is 0 Å². The zero-order valence-corrected chi connectivity index (χ0v) is 10.1. The quantitative estimate of drug-likeness (QED) is 0.728. The van der Waals surface area contributed by atoms with E-state index in [1.807, 2.05) is 6.20 Å². The molecule has 0 aromatic carbocycles. The summed E-state index contributed by atoms with van der Waals surface area (Å²) in [5.41, 5.74) is 5.38. The Morgan fingerprint density at radius 1 is 1.25 bits per heavy atom. The summed E-state index contributed by atoms with van der Waals surface area (Å²) in [6.45, 7) is 6.49. The molecular weight excluding hydrogens is 198 g/mol. The number of fused-ring (bicyclic) bond motifs is 3. The van der Waals surface area contributed by atoms with E-state index >= 15 is 0 Å². The van der Waals surface area contributed by atoms with Crippen LogP contribution < -0.4 is 0 Å². The molecule has 84 valence electrons. The second-order valence-electron chi connectivity index (χ2n) is 5.03. The van der Waals surface area contributed by atoms with Gasteiger partial charge in [0.2, 0.25) is 0 Å². The monoisotopic (exact) mass is 215 g/mol. The molecule has 3 heteroatoms. The molecule has 0 aliphatic carbocycles. The van der Waals surface area contributed by atoms with Crippen LogP contribution in [-0.2, 0) is 13.1 Å². The van der Waals surface area contributed by atoms with E-state index < -0.39 is 0 Å². The SMILES string of the molecule is CC(C)c1cnn2c3c(ccc12)CN(C)C3. The first kappa shape index (κ1) is 9.85. The molecule has 0 atom stereocenters. The molecule has 1 aliphatic rings. The molecular formula is C13H17N3. The van der Waals surface area contributed by atoms with Crippen molar-refractivity contribution in [3.8, 4) is 0 Å². The Labute approximate surface area is 95.7 Å². The molecule has 0 saturated carbocycles. The molecule has 0 amide bonds. The lowest BCUT2D eigenvalue weighted by Gasteiger charge is -2.05. The number of hydrogen-bond acceptors (Lipinski definition) is 2. The number of nitrogens with zero attached hydrogens (tertiary/aromatic N) is 3. The first-order valence-corrected chi connectivity index (χ1v) is 5.83. The highest BCUT2D eigenvalue weighted by atomic mass is 15.3.